The molecule has 2 nitrogen and oxygen atoms in total. The maximum absolute atomic E-state index is 6.03. The van der Waals surface area contributed by atoms with E-state index >= 15 is 0 Å². The zero-order valence-electron chi connectivity index (χ0n) is 12.2. The molecule has 1 aromatic carbocycles. The molecular formula is C17H25ClN2. The summed E-state index contributed by atoms with van der Waals surface area (Å²) < 4.78 is 0. The van der Waals surface area contributed by atoms with Crippen molar-refractivity contribution in [2.75, 3.05) is 26.2 Å². The molecule has 3 rings (SSSR count). The first-order chi connectivity index (χ1) is 9.72. The van der Waals surface area contributed by atoms with Crippen LogP contribution in [0, 0.1) is 5.92 Å². The summed E-state index contributed by atoms with van der Waals surface area (Å²) in [4.78, 5) is 2.65. The van der Waals surface area contributed by atoms with E-state index in [1.165, 1.54) is 57.3 Å². The highest BCUT2D eigenvalue weighted by Crippen LogP contribution is 2.45. The average molecular weight is 293 g/mol. The first kappa shape index (κ1) is 14.4. The lowest BCUT2D eigenvalue weighted by atomic mass is 9.64. The Labute approximate surface area is 127 Å². The number of hydrogen-bond donors (Lipinski definition) is 1. The summed E-state index contributed by atoms with van der Waals surface area (Å²) in [7, 11) is 0. The lowest BCUT2D eigenvalue weighted by Gasteiger charge is -2.47. The van der Waals surface area contributed by atoms with Crippen LogP contribution in [0.2, 0.25) is 5.02 Å². The fourth-order valence-electron chi connectivity index (χ4n) is 3.86. The third-order valence-electron chi connectivity index (χ3n) is 5.23. The van der Waals surface area contributed by atoms with Gasteiger partial charge in [0.2, 0.25) is 0 Å². The number of piperidine rings is 1. The Morgan fingerprint density at radius 3 is 2.55 bits per heavy atom. The Morgan fingerprint density at radius 2 is 1.95 bits per heavy atom. The van der Waals surface area contributed by atoms with Crippen LogP contribution in [0.25, 0.3) is 0 Å². The third kappa shape index (κ3) is 2.88. The minimum absolute atomic E-state index is 0.376. The Balaban J connectivity index is 1.71. The van der Waals surface area contributed by atoms with Gasteiger partial charge >= 0.3 is 0 Å². The molecule has 1 aromatic rings. The SMILES string of the molecule is NCC1CCCN(CC2(c3ccc(Cl)cc3)CCC2)C1. The summed E-state index contributed by atoms with van der Waals surface area (Å²) in [6.07, 6.45) is 6.60. The monoisotopic (exact) mass is 292 g/mol. The van der Waals surface area contributed by atoms with Gasteiger partial charge in [-0.05, 0) is 62.4 Å². The zero-order valence-corrected chi connectivity index (χ0v) is 12.9. The predicted octanol–water partition coefficient (Wildman–Crippen LogP) is 3.43. The lowest BCUT2D eigenvalue weighted by Crippen LogP contribution is -2.49. The van der Waals surface area contributed by atoms with Crippen LogP contribution in [0.1, 0.15) is 37.7 Å². The lowest BCUT2D eigenvalue weighted by molar-refractivity contribution is 0.101. The molecule has 0 aromatic heterocycles. The second-order valence-corrected chi connectivity index (χ2v) is 7.06. The Kier molecular flexibility index (Phi) is 4.34. The zero-order chi connectivity index (χ0) is 14.0. The van der Waals surface area contributed by atoms with E-state index in [4.69, 9.17) is 17.3 Å². The maximum atomic E-state index is 6.03. The van der Waals surface area contributed by atoms with Crippen molar-refractivity contribution in [1.29, 1.82) is 0 Å². The van der Waals surface area contributed by atoms with Crippen LogP contribution in [0.15, 0.2) is 24.3 Å². The standard InChI is InChI=1S/C17H25ClN2/c18-16-6-4-15(5-7-16)17(8-2-9-17)13-20-10-1-3-14(11-19)12-20/h4-7,14H,1-3,8-13,19H2. The van der Waals surface area contributed by atoms with E-state index in [1.807, 2.05) is 12.1 Å². The molecule has 0 amide bonds. The molecule has 2 fully saturated rings. The maximum Gasteiger partial charge on any atom is 0.0406 e. The van der Waals surface area contributed by atoms with Crippen LogP contribution < -0.4 is 5.73 Å². The number of halogens is 1. The molecular weight excluding hydrogens is 268 g/mol. The predicted molar refractivity (Wildman–Crippen MR) is 85.2 cm³/mol. The molecule has 110 valence electrons. The van der Waals surface area contributed by atoms with Gasteiger partial charge in [-0.3, -0.25) is 0 Å². The van der Waals surface area contributed by atoms with Gasteiger partial charge in [0.05, 0.1) is 0 Å². The van der Waals surface area contributed by atoms with Crippen molar-refractivity contribution in [1.82, 2.24) is 4.90 Å². The van der Waals surface area contributed by atoms with Gasteiger partial charge in [-0.15, -0.1) is 0 Å². The first-order valence-electron chi connectivity index (χ1n) is 7.90. The van der Waals surface area contributed by atoms with Gasteiger partial charge in [-0.1, -0.05) is 30.2 Å². The van der Waals surface area contributed by atoms with Crippen molar-refractivity contribution < 1.29 is 0 Å². The molecule has 1 saturated carbocycles. The first-order valence-corrected chi connectivity index (χ1v) is 8.28. The van der Waals surface area contributed by atoms with Crippen LogP contribution in [-0.2, 0) is 5.41 Å². The number of benzene rings is 1. The smallest absolute Gasteiger partial charge is 0.0406 e. The van der Waals surface area contributed by atoms with Gasteiger partial charge in [0.25, 0.3) is 0 Å². The highest BCUT2D eigenvalue weighted by atomic mass is 35.5. The molecule has 0 spiro atoms. The Morgan fingerprint density at radius 1 is 1.20 bits per heavy atom. The van der Waals surface area contributed by atoms with Crippen LogP contribution in [0.5, 0.6) is 0 Å². The quantitative estimate of drug-likeness (QED) is 0.921. The highest BCUT2D eigenvalue weighted by Gasteiger charge is 2.40. The van der Waals surface area contributed by atoms with Crippen molar-refractivity contribution in [2.45, 2.75) is 37.5 Å². The average Bonchev–Trinajstić information content (AvgIpc) is 2.44. The molecule has 1 aliphatic heterocycles. The molecule has 1 unspecified atom stereocenters. The summed E-state index contributed by atoms with van der Waals surface area (Å²) in [5.41, 5.74) is 7.71. The van der Waals surface area contributed by atoms with E-state index in [1.54, 1.807) is 0 Å². The summed E-state index contributed by atoms with van der Waals surface area (Å²) in [5.74, 6) is 0.700. The van der Waals surface area contributed by atoms with Crippen LogP contribution in [-0.4, -0.2) is 31.1 Å². The molecule has 1 heterocycles. The van der Waals surface area contributed by atoms with Crippen molar-refractivity contribution in [3.05, 3.63) is 34.9 Å². The highest BCUT2D eigenvalue weighted by molar-refractivity contribution is 6.30. The van der Waals surface area contributed by atoms with E-state index in [0.717, 1.165) is 11.6 Å². The molecule has 1 saturated heterocycles. The normalized spacial score (nSPS) is 26.2. The van der Waals surface area contributed by atoms with Crippen LogP contribution in [0.3, 0.4) is 0 Å². The number of hydrogen-bond acceptors (Lipinski definition) is 2. The van der Waals surface area contributed by atoms with Gasteiger partial charge in [0, 0.05) is 23.5 Å². The molecule has 0 bridgehead atoms. The molecule has 20 heavy (non-hydrogen) atoms. The van der Waals surface area contributed by atoms with Crippen molar-refractivity contribution >= 4 is 11.6 Å². The van der Waals surface area contributed by atoms with Crippen molar-refractivity contribution in [3.8, 4) is 0 Å². The number of likely N-dealkylation sites (tertiary alicyclic amines) is 1. The molecule has 1 aliphatic carbocycles. The third-order valence-corrected chi connectivity index (χ3v) is 5.48. The number of nitrogens with zero attached hydrogens (tertiary/aromatic N) is 1. The number of rotatable bonds is 4. The van der Waals surface area contributed by atoms with E-state index in [-0.39, 0.29) is 0 Å². The second kappa shape index (κ2) is 6.05. The van der Waals surface area contributed by atoms with E-state index < -0.39 is 0 Å². The van der Waals surface area contributed by atoms with Gasteiger partial charge in [-0.25, -0.2) is 0 Å². The topological polar surface area (TPSA) is 29.3 Å². The van der Waals surface area contributed by atoms with E-state index in [2.05, 4.69) is 17.0 Å². The van der Waals surface area contributed by atoms with Gasteiger partial charge in [0.15, 0.2) is 0 Å². The van der Waals surface area contributed by atoms with Gasteiger partial charge in [0.1, 0.15) is 0 Å². The minimum Gasteiger partial charge on any atom is -0.330 e. The Bertz CT molecular complexity index is 439. The number of nitrogens with two attached hydrogens (primary N) is 1. The fourth-order valence-corrected chi connectivity index (χ4v) is 3.99. The van der Waals surface area contributed by atoms with Crippen molar-refractivity contribution in [2.24, 2.45) is 11.7 Å². The molecule has 0 radical (unpaired) electrons. The molecule has 2 N–H and O–H groups in total. The summed E-state index contributed by atoms with van der Waals surface area (Å²) >= 11 is 6.03. The summed E-state index contributed by atoms with van der Waals surface area (Å²) in [5, 5.41) is 0.837. The summed E-state index contributed by atoms with van der Waals surface area (Å²) in [6, 6.07) is 8.53. The molecule has 1 atom stereocenters. The summed E-state index contributed by atoms with van der Waals surface area (Å²) in [6.45, 7) is 4.47. The second-order valence-electron chi connectivity index (χ2n) is 6.62. The molecule has 3 heteroatoms. The van der Waals surface area contributed by atoms with E-state index in [9.17, 15) is 0 Å². The van der Waals surface area contributed by atoms with Gasteiger partial charge < -0.3 is 10.6 Å². The van der Waals surface area contributed by atoms with Crippen molar-refractivity contribution in [3.63, 3.8) is 0 Å². The Hall–Kier alpha value is -0.570. The largest absolute Gasteiger partial charge is 0.330 e. The van der Waals surface area contributed by atoms with E-state index in [0.29, 0.717) is 11.3 Å². The molecule has 2 aliphatic rings. The fraction of sp³-hybridized carbons (Fsp3) is 0.647. The van der Waals surface area contributed by atoms with Crippen LogP contribution in [0.4, 0.5) is 0 Å². The van der Waals surface area contributed by atoms with Crippen LogP contribution >= 0.6 is 11.6 Å². The van der Waals surface area contributed by atoms with Gasteiger partial charge in [-0.2, -0.15) is 0 Å². The minimum atomic E-state index is 0.376.